The van der Waals surface area contributed by atoms with E-state index in [1.165, 1.54) is 0 Å². The van der Waals surface area contributed by atoms with Crippen molar-refractivity contribution in [3.8, 4) is 0 Å². The molecule has 0 unspecified atom stereocenters. The molecule has 1 heterocycles. The highest BCUT2D eigenvalue weighted by Crippen LogP contribution is 2.29. The van der Waals surface area contributed by atoms with E-state index in [0.29, 0.717) is 0 Å². The van der Waals surface area contributed by atoms with Crippen LogP contribution in [-0.2, 0) is 0 Å². The van der Waals surface area contributed by atoms with E-state index in [1.807, 2.05) is 38.1 Å². The summed E-state index contributed by atoms with van der Waals surface area (Å²) >= 11 is 8.40. The van der Waals surface area contributed by atoms with Gasteiger partial charge in [-0.15, -0.1) is 11.3 Å². The summed E-state index contributed by atoms with van der Waals surface area (Å²) in [6.07, 6.45) is 0. The number of carbonyl (C=O) groups is 1. The van der Waals surface area contributed by atoms with Crippen LogP contribution in [0.1, 0.15) is 26.4 Å². The molecule has 0 aliphatic rings. The van der Waals surface area contributed by atoms with Crippen molar-refractivity contribution in [2.45, 2.75) is 13.8 Å². The van der Waals surface area contributed by atoms with E-state index in [2.05, 4.69) is 31.9 Å². The molecule has 0 atom stereocenters. The van der Waals surface area contributed by atoms with Gasteiger partial charge in [0.25, 0.3) is 0 Å². The average molecular weight is 374 g/mol. The fraction of sp³-hybridized carbons (Fsp3) is 0.154. The lowest BCUT2D eigenvalue weighted by molar-refractivity contribution is 0.103. The summed E-state index contributed by atoms with van der Waals surface area (Å²) in [5, 5.41) is 0. The summed E-state index contributed by atoms with van der Waals surface area (Å²) in [7, 11) is 0. The van der Waals surface area contributed by atoms with E-state index in [4.69, 9.17) is 0 Å². The molecule has 0 spiro atoms. The quantitative estimate of drug-likeness (QED) is 0.667. The van der Waals surface area contributed by atoms with Crippen molar-refractivity contribution >= 4 is 49.0 Å². The summed E-state index contributed by atoms with van der Waals surface area (Å²) in [5.41, 5.74) is 2.54. The van der Waals surface area contributed by atoms with Crippen molar-refractivity contribution in [1.82, 2.24) is 0 Å². The number of aryl methyl sites for hydroxylation is 2. The number of ketones is 1. The molecule has 88 valence electrons. The van der Waals surface area contributed by atoms with Crippen molar-refractivity contribution in [2.75, 3.05) is 0 Å². The summed E-state index contributed by atoms with van der Waals surface area (Å²) < 4.78 is 1.92. The molecular weight excluding hydrogens is 364 g/mol. The monoisotopic (exact) mass is 372 g/mol. The van der Waals surface area contributed by atoms with Crippen molar-refractivity contribution in [3.63, 3.8) is 0 Å². The number of carbonyl (C=O) groups excluding carboxylic acids is 1. The van der Waals surface area contributed by atoms with Crippen LogP contribution in [0.2, 0.25) is 0 Å². The van der Waals surface area contributed by atoms with Crippen LogP contribution < -0.4 is 0 Å². The topological polar surface area (TPSA) is 17.1 Å². The van der Waals surface area contributed by atoms with E-state index >= 15 is 0 Å². The molecule has 0 amide bonds. The number of halogens is 2. The highest BCUT2D eigenvalue weighted by Gasteiger charge is 2.16. The van der Waals surface area contributed by atoms with Gasteiger partial charge in [-0.2, -0.15) is 0 Å². The molecule has 4 heteroatoms. The molecule has 2 aromatic rings. The van der Waals surface area contributed by atoms with E-state index in [-0.39, 0.29) is 5.78 Å². The number of rotatable bonds is 2. The van der Waals surface area contributed by atoms with Crippen LogP contribution in [0.4, 0.5) is 0 Å². The second-order valence-electron chi connectivity index (χ2n) is 3.81. The summed E-state index contributed by atoms with van der Waals surface area (Å²) in [6, 6.07) is 7.67. The molecule has 0 aliphatic carbocycles. The zero-order valence-corrected chi connectivity index (χ0v) is 13.4. The SMILES string of the molecule is Cc1ccc(Br)cc1C(=O)c1cc(Br)sc1C. The Hall–Kier alpha value is -0.450. The van der Waals surface area contributed by atoms with Crippen molar-refractivity contribution in [2.24, 2.45) is 0 Å². The van der Waals surface area contributed by atoms with Gasteiger partial charge in [0.2, 0.25) is 0 Å². The van der Waals surface area contributed by atoms with E-state index in [1.54, 1.807) is 11.3 Å². The van der Waals surface area contributed by atoms with Crippen LogP contribution in [0.5, 0.6) is 0 Å². The molecule has 1 aromatic carbocycles. The van der Waals surface area contributed by atoms with Crippen molar-refractivity contribution in [3.05, 3.63) is 54.1 Å². The number of thiophene rings is 1. The van der Waals surface area contributed by atoms with Crippen LogP contribution in [0.15, 0.2) is 32.5 Å². The first kappa shape index (κ1) is 13.0. The van der Waals surface area contributed by atoms with E-state index in [9.17, 15) is 4.79 Å². The van der Waals surface area contributed by atoms with Gasteiger partial charge in [0.1, 0.15) is 0 Å². The van der Waals surface area contributed by atoms with Gasteiger partial charge in [-0.05, 0) is 53.5 Å². The fourth-order valence-electron chi connectivity index (χ4n) is 1.66. The lowest BCUT2D eigenvalue weighted by Gasteiger charge is -2.05. The first-order valence-corrected chi connectivity index (χ1v) is 7.46. The Morgan fingerprint density at radius 2 is 1.82 bits per heavy atom. The fourth-order valence-corrected chi connectivity index (χ4v) is 3.70. The first-order chi connectivity index (χ1) is 7.99. The van der Waals surface area contributed by atoms with Crippen LogP contribution in [0.3, 0.4) is 0 Å². The zero-order valence-electron chi connectivity index (χ0n) is 9.38. The highest BCUT2D eigenvalue weighted by molar-refractivity contribution is 9.11. The van der Waals surface area contributed by atoms with Crippen LogP contribution in [0, 0.1) is 13.8 Å². The van der Waals surface area contributed by atoms with Gasteiger partial charge in [0, 0.05) is 20.5 Å². The number of benzene rings is 1. The van der Waals surface area contributed by atoms with Crippen LogP contribution in [0.25, 0.3) is 0 Å². The normalized spacial score (nSPS) is 10.6. The third-order valence-corrected chi connectivity index (χ3v) is 4.62. The molecule has 0 fully saturated rings. The van der Waals surface area contributed by atoms with Gasteiger partial charge in [0.15, 0.2) is 5.78 Å². The molecular formula is C13H10Br2OS. The molecule has 0 bridgehead atoms. The van der Waals surface area contributed by atoms with Gasteiger partial charge in [-0.3, -0.25) is 4.79 Å². The second-order valence-corrected chi connectivity index (χ2v) is 7.36. The van der Waals surface area contributed by atoms with Gasteiger partial charge in [0.05, 0.1) is 3.79 Å². The molecule has 0 saturated carbocycles. The van der Waals surface area contributed by atoms with Crippen LogP contribution >= 0.6 is 43.2 Å². The molecule has 17 heavy (non-hydrogen) atoms. The largest absolute Gasteiger partial charge is 0.289 e. The third kappa shape index (κ3) is 2.69. The molecule has 1 aromatic heterocycles. The minimum atomic E-state index is 0.0863. The predicted octanol–water partition coefficient (Wildman–Crippen LogP) is 5.12. The maximum Gasteiger partial charge on any atom is 0.194 e. The summed E-state index contributed by atoms with van der Waals surface area (Å²) in [4.78, 5) is 13.5. The Morgan fingerprint density at radius 3 is 2.41 bits per heavy atom. The van der Waals surface area contributed by atoms with Gasteiger partial charge < -0.3 is 0 Å². The molecule has 2 rings (SSSR count). The Bertz CT molecular complexity index is 587. The smallest absolute Gasteiger partial charge is 0.194 e. The maximum atomic E-state index is 12.4. The minimum Gasteiger partial charge on any atom is -0.289 e. The van der Waals surface area contributed by atoms with Crippen molar-refractivity contribution in [1.29, 1.82) is 0 Å². The number of hydrogen-bond donors (Lipinski definition) is 0. The standard InChI is InChI=1S/C13H10Br2OS/c1-7-3-4-9(14)5-10(7)13(16)11-6-12(15)17-8(11)2/h3-6H,1-2H3. The zero-order chi connectivity index (χ0) is 12.6. The van der Waals surface area contributed by atoms with Gasteiger partial charge >= 0.3 is 0 Å². The third-order valence-electron chi connectivity index (χ3n) is 2.58. The van der Waals surface area contributed by atoms with Crippen LogP contribution in [-0.4, -0.2) is 5.78 Å². The van der Waals surface area contributed by atoms with E-state index < -0.39 is 0 Å². The second kappa shape index (κ2) is 5.04. The Kier molecular flexibility index (Phi) is 3.85. The minimum absolute atomic E-state index is 0.0863. The lowest BCUT2D eigenvalue weighted by Crippen LogP contribution is -2.03. The van der Waals surface area contributed by atoms with Crippen molar-refractivity contribution < 1.29 is 4.79 Å². The van der Waals surface area contributed by atoms with E-state index in [0.717, 1.165) is 29.8 Å². The average Bonchev–Trinajstić information content (AvgIpc) is 2.60. The first-order valence-electron chi connectivity index (χ1n) is 5.06. The highest BCUT2D eigenvalue weighted by atomic mass is 79.9. The molecule has 0 saturated heterocycles. The maximum absolute atomic E-state index is 12.4. The lowest BCUT2D eigenvalue weighted by atomic mass is 10.00. The van der Waals surface area contributed by atoms with Gasteiger partial charge in [-0.1, -0.05) is 22.0 Å². The predicted molar refractivity (Wildman–Crippen MR) is 79.1 cm³/mol. The molecule has 0 radical (unpaired) electrons. The Balaban J connectivity index is 2.50. The molecule has 0 N–H and O–H groups in total. The van der Waals surface area contributed by atoms with Gasteiger partial charge in [-0.25, -0.2) is 0 Å². The Labute approximate surface area is 121 Å². The molecule has 0 aliphatic heterocycles. The Morgan fingerprint density at radius 1 is 1.12 bits per heavy atom. The summed E-state index contributed by atoms with van der Waals surface area (Å²) in [5.74, 6) is 0.0863. The summed E-state index contributed by atoms with van der Waals surface area (Å²) in [6.45, 7) is 3.92. The number of hydrogen-bond acceptors (Lipinski definition) is 2. The molecule has 1 nitrogen and oxygen atoms in total.